The molecule has 7 heteroatoms. The van der Waals surface area contributed by atoms with Crippen molar-refractivity contribution in [3.63, 3.8) is 0 Å². The maximum atomic E-state index is 13.6. The Morgan fingerprint density at radius 1 is 0.851 bits per heavy atom. The molecule has 0 saturated carbocycles. The largest absolute Gasteiger partial charge is 0.305 e. The number of hydrogen-bond donors (Lipinski definition) is 0. The molecule has 239 valence electrons. The van der Waals surface area contributed by atoms with Crippen molar-refractivity contribution in [2.45, 2.75) is 46.2 Å². The van der Waals surface area contributed by atoms with Crippen LogP contribution in [0, 0.1) is 24.9 Å². The van der Waals surface area contributed by atoms with Gasteiger partial charge in [0.25, 0.3) is 0 Å². The minimum atomic E-state index is -2.29. The third-order valence-corrected chi connectivity index (χ3v) is 10.9. The first-order chi connectivity index (χ1) is 23.6. The Morgan fingerprint density at radius 2 is 1.62 bits per heavy atom. The molecule has 0 saturated heterocycles. The molecule has 0 aliphatic heterocycles. The molecule has 1 radical (unpaired) electrons. The Bertz CT molecular complexity index is 2300. The number of benzene rings is 3. The monoisotopic (exact) mass is 834 g/mol. The Morgan fingerprint density at radius 3 is 2.32 bits per heavy atom. The second-order valence-electron chi connectivity index (χ2n) is 12.3. The summed E-state index contributed by atoms with van der Waals surface area (Å²) in [6.07, 6.45) is 3.40. The van der Waals surface area contributed by atoms with Gasteiger partial charge in [-0.1, -0.05) is 86.9 Å². The van der Waals surface area contributed by atoms with Gasteiger partial charge in [0.2, 0.25) is 5.95 Å². The molecule has 0 spiro atoms. The number of hydrogen-bond acceptors (Lipinski definition) is 4. The van der Waals surface area contributed by atoms with Gasteiger partial charge in [0.05, 0.1) is 8.07 Å². The number of thiophene rings is 1. The van der Waals surface area contributed by atoms with Crippen LogP contribution in [0.15, 0.2) is 103 Å². The Hall–Kier alpha value is -3.87. The van der Waals surface area contributed by atoms with E-state index in [1.165, 1.54) is 28.8 Å². The van der Waals surface area contributed by atoms with Gasteiger partial charge in [-0.25, -0.2) is 4.98 Å². The van der Waals surface area contributed by atoms with Crippen LogP contribution in [0.1, 0.15) is 36.4 Å². The Kier molecular flexibility index (Phi) is 9.03. The molecule has 4 aromatic heterocycles. The fourth-order valence-corrected chi connectivity index (χ4v) is 8.15. The van der Waals surface area contributed by atoms with E-state index in [0.717, 1.165) is 43.4 Å². The van der Waals surface area contributed by atoms with Gasteiger partial charge < -0.3 is 9.97 Å². The van der Waals surface area contributed by atoms with Crippen molar-refractivity contribution in [1.82, 2.24) is 15.0 Å². The van der Waals surface area contributed by atoms with Gasteiger partial charge in [0.1, 0.15) is 4.83 Å². The predicted octanol–water partition coefficient (Wildman–Crippen LogP) is 10.6. The van der Waals surface area contributed by atoms with E-state index in [1.807, 2.05) is 80.7 Å². The maximum absolute atomic E-state index is 13.6. The third kappa shape index (κ3) is 7.50. The minimum absolute atomic E-state index is 0. The number of halogens is 1. The molecule has 7 aromatic rings. The SMILES string of the molecule is [2H]C(C)(C)c1cc(-c2[c-]cccc2)ncc1[Si](C)(C)C.[2H]C([2H])([2H])c1cnc(-c2[c-]ccc3c2sc2nc(F)ccc23)cc1-c1ccccc1.[Ir]. The second kappa shape index (κ2) is 14.5. The van der Waals surface area contributed by atoms with E-state index < -0.39 is 26.8 Å². The summed E-state index contributed by atoms with van der Waals surface area (Å²) in [5.41, 5.74) is 5.95. The van der Waals surface area contributed by atoms with E-state index in [2.05, 4.69) is 52.8 Å². The zero-order valence-corrected chi connectivity index (χ0v) is 31.0. The molecule has 3 aromatic carbocycles. The molecule has 0 aliphatic carbocycles. The number of rotatable bonds is 5. The molecule has 3 nitrogen and oxygen atoms in total. The molecule has 0 atom stereocenters. The van der Waals surface area contributed by atoms with E-state index in [0.29, 0.717) is 16.1 Å². The first-order valence-electron chi connectivity index (χ1n) is 17.0. The van der Waals surface area contributed by atoms with E-state index in [9.17, 15) is 4.39 Å². The maximum Gasteiger partial charge on any atom is 0.214 e. The number of nitrogens with zero attached hydrogens (tertiary/aromatic N) is 3. The van der Waals surface area contributed by atoms with Gasteiger partial charge in [-0.15, -0.1) is 59.7 Å². The van der Waals surface area contributed by atoms with Gasteiger partial charge in [-0.3, -0.25) is 0 Å². The minimum Gasteiger partial charge on any atom is -0.305 e. The molecule has 0 unspecified atom stereocenters. The predicted molar refractivity (Wildman–Crippen MR) is 195 cm³/mol. The molecule has 0 bridgehead atoms. The summed E-state index contributed by atoms with van der Waals surface area (Å²) in [4.78, 5) is 13.7. The van der Waals surface area contributed by atoms with Crippen molar-refractivity contribution in [3.8, 4) is 33.6 Å². The van der Waals surface area contributed by atoms with Crippen LogP contribution in [0.4, 0.5) is 4.39 Å². The summed E-state index contributed by atoms with van der Waals surface area (Å²) in [7, 11) is -1.50. The van der Waals surface area contributed by atoms with Gasteiger partial charge >= 0.3 is 0 Å². The smallest absolute Gasteiger partial charge is 0.214 e. The first-order valence-corrected chi connectivity index (χ1v) is 19.4. The molecule has 47 heavy (non-hydrogen) atoms. The van der Waals surface area contributed by atoms with Gasteiger partial charge in [-0.2, -0.15) is 15.7 Å². The number of aromatic nitrogens is 3. The van der Waals surface area contributed by atoms with Crippen molar-refractivity contribution in [3.05, 3.63) is 133 Å². The fourth-order valence-electron chi connectivity index (χ4n) is 5.41. The van der Waals surface area contributed by atoms with Crippen LogP contribution in [0.3, 0.4) is 0 Å². The van der Waals surface area contributed by atoms with Crippen molar-refractivity contribution < 1.29 is 30.0 Å². The van der Waals surface area contributed by atoms with E-state index in [-0.39, 0.29) is 25.7 Å². The van der Waals surface area contributed by atoms with Crippen LogP contribution in [0.25, 0.3) is 53.9 Å². The summed E-state index contributed by atoms with van der Waals surface area (Å²) in [6.45, 7) is 8.51. The summed E-state index contributed by atoms with van der Waals surface area (Å²) in [6, 6.07) is 34.3. The average molecular weight is 834 g/mol. The second-order valence-corrected chi connectivity index (χ2v) is 18.3. The van der Waals surface area contributed by atoms with Crippen molar-refractivity contribution in [2.75, 3.05) is 0 Å². The Balaban J connectivity index is 0.000000211. The third-order valence-electron chi connectivity index (χ3n) is 7.75. The van der Waals surface area contributed by atoms with Gasteiger partial charge in [-0.05, 0) is 62.8 Å². The normalized spacial score (nSPS) is 13.1. The molecule has 0 fully saturated rings. The van der Waals surface area contributed by atoms with Crippen molar-refractivity contribution in [1.29, 1.82) is 0 Å². The van der Waals surface area contributed by atoms with Crippen LogP contribution in [-0.4, -0.2) is 23.0 Å². The Labute approximate surface area is 301 Å². The number of pyridine rings is 3. The van der Waals surface area contributed by atoms with Crippen LogP contribution in [0.5, 0.6) is 0 Å². The average Bonchev–Trinajstić information content (AvgIpc) is 3.45. The first kappa shape index (κ1) is 29.3. The van der Waals surface area contributed by atoms with Gasteiger partial charge in [0, 0.05) is 43.4 Å². The molecule has 0 N–H and O–H groups in total. The molecule has 7 rings (SSSR count). The van der Waals surface area contributed by atoms with Crippen molar-refractivity contribution >= 4 is 44.9 Å². The molecular formula is C40H36FIrN3SSi-2. The van der Waals surface area contributed by atoms with Crippen molar-refractivity contribution in [2.24, 2.45) is 0 Å². The fraction of sp³-hybridized carbons (Fsp3) is 0.175. The standard InChI is InChI=1S/C23H14FN2S.C17H22NSi.Ir/c1-14-13-25-20(12-19(14)15-6-3-2-4-7-15)18-9-5-8-16-17-10-11-21(24)26-23(17)27-22(16)18;1-13(2)15-11-16(14-9-7-6-8-10-14)18-12-17(15)19(3,4)5;/h2-8,10-13H,1H3;6-9,11-13H,1-5H3;/q2*-1;/i1D3;13D;. The summed E-state index contributed by atoms with van der Waals surface area (Å²) >= 11 is 1.38. The molecule has 0 amide bonds. The summed E-state index contributed by atoms with van der Waals surface area (Å²) in [5, 5.41) is 3.09. The molecule has 0 aliphatic rings. The van der Waals surface area contributed by atoms with Crippen LogP contribution in [-0.2, 0) is 20.1 Å². The van der Waals surface area contributed by atoms with E-state index in [4.69, 9.17) is 5.48 Å². The quantitative estimate of drug-likeness (QED) is 0.0985. The van der Waals surface area contributed by atoms with E-state index >= 15 is 0 Å². The molecule has 4 heterocycles. The number of fused-ring (bicyclic) bond motifs is 3. The van der Waals surface area contributed by atoms with Gasteiger partial charge in [0.15, 0.2) is 0 Å². The zero-order chi connectivity index (χ0) is 35.8. The molecular weight excluding hydrogens is 794 g/mol. The van der Waals surface area contributed by atoms with E-state index in [1.54, 1.807) is 18.2 Å². The van der Waals surface area contributed by atoms with Crippen LogP contribution >= 0.6 is 11.3 Å². The van der Waals surface area contributed by atoms with Crippen LogP contribution < -0.4 is 5.19 Å². The number of aryl methyl sites for hydroxylation is 1. The summed E-state index contributed by atoms with van der Waals surface area (Å²) in [5.74, 6) is -1.13. The topological polar surface area (TPSA) is 38.7 Å². The zero-order valence-electron chi connectivity index (χ0n) is 30.8. The van der Waals surface area contributed by atoms with Crippen LogP contribution in [0.2, 0.25) is 19.6 Å². The summed E-state index contributed by atoms with van der Waals surface area (Å²) < 4.78 is 46.7.